The Bertz CT molecular complexity index is 1450. The number of carbonyl (C=O) groups excluding carboxylic acids is 1. The Hall–Kier alpha value is -3.21. The highest BCUT2D eigenvalue weighted by Crippen LogP contribution is 2.46. The summed E-state index contributed by atoms with van der Waals surface area (Å²) < 4.78 is 26.2. The molecule has 4 aliphatic rings. The largest absolute Gasteiger partial charge is 0.423 e. The monoisotopic (exact) mass is 604 g/mol. The molecule has 0 N–H and O–H groups in total. The van der Waals surface area contributed by atoms with E-state index in [-0.39, 0.29) is 23.7 Å². The van der Waals surface area contributed by atoms with E-state index in [1.807, 2.05) is 17.0 Å². The molecule has 9 nitrogen and oxygen atoms in total. The molecule has 44 heavy (non-hydrogen) atoms. The fraction of sp³-hybridized carbons (Fsp3) is 0.588. The average Bonchev–Trinajstić information content (AvgIpc) is 3.62. The van der Waals surface area contributed by atoms with Crippen LogP contribution in [0.1, 0.15) is 50.5 Å². The van der Waals surface area contributed by atoms with Gasteiger partial charge in [-0.25, -0.2) is 4.39 Å². The van der Waals surface area contributed by atoms with E-state index >= 15 is 0 Å². The summed E-state index contributed by atoms with van der Waals surface area (Å²) >= 11 is 0. The Morgan fingerprint density at radius 1 is 0.932 bits per heavy atom. The van der Waals surface area contributed by atoms with E-state index in [1.54, 1.807) is 6.07 Å². The molecular weight excluding hydrogens is 559 g/mol. The van der Waals surface area contributed by atoms with Gasteiger partial charge in [-0.1, -0.05) is 32.3 Å². The number of hydrogen-bond acceptors (Lipinski definition) is 8. The van der Waals surface area contributed by atoms with Gasteiger partial charge in [-0.3, -0.25) is 9.69 Å². The van der Waals surface area contributed by atoms with Gasteiger partial charge in [0.05, 0.1) is 25.4 Å². The summed E-state index contributed by atoms with van der Waals surface area (Å²) in [7, 11) is 0. The number of aromatic nitrogens is 1. The number of ether oxygens (including phenoxy) is 1. The van der Waals surface area contributed by atoms with Crippen LogP contribution in [0.2, 0.25) is 0 Å². The lowest BCUT2D eigenvalue weighted by atomic mass is 9.88. The van der Waals surface area contributed by atoms with Gasteiger partial charge in [0.2, 0.25) is 5.91 Å². The van der Waals surface area contributed by atoms with E-state index in [2.05, 4.69) is 38.7 Å². The van der Waals surface area contributed by atoms with E-state index in [0.29, 0.717) is 25.8 Å². The van der Waals surface area contributed by atoms with Crippen LogP contribution in [-0.4, -0.2) is 105 Å². The molecule has 0 bridgehead atoms. The Morgan fingerprint density at radius 2 is 1.75 bits per heavy atom. The number of hydrogen-bond donors (Lipinski definition) is 0. The van der Waals surface area contributed by atoms with E-state index < -0.39 is 0 Å². The van der Waals surface area contributed by atoms with E-state index in [0.717, 1.165) is 93.4 Å². The van der Waals surface area contributed by atoms with Gasteiger partial charge in [0.15, 0.2) is 5.58 Å². The molecule has 2 atom stereocenters. The number of morpholine rings is 1. The average molecular weight is 605 g/mol. The number of benzene rings is 2. The Morgan fingerprint density at radius 3 is 2.57 bits per heavy atom. The number of halogens is 1. The molecule has 1 aromatic heterocycles. The topological polar surface area (TPSA) is 68.5 Å². The highest BCUT2D eigenvalue weighted by Gasteiger charge is 2.45. The molecule has 236 valence electrons. The number of piperazine rings is 1. The van der Waals surface area contributed by atoms with Crippen molar-refractivity contribution in [3.8, 4) is 0 Å². The van der Waals surface area contributed by atoms with Gasteiger partial charge in [-0.15, -0.1) is 0 Å². The van der Waals surface area contributed by atoms with Gasteiger partial charge in [-0.2, -0.15) is 4.98 Å². The quantitative estimate of drug-likeness (QED) is 0.326. The van der Waals surface area contributed by atoms with Gasteiger partial charge in [0.25, 0.3) is 6.01 Å². The summed E-state index contributed by atoms with van der Waals surface area (Å²) in [6, 6.07) is 11.9. The van der Waals surface area contributed by atoms with Crippen LogP contribution in [0.15, 0.2) is 40.8 Å². The molecule has 3 saturated heterocycles. The molecular formula is C34H45FN6O3. The van der Waals surface area contributed by atoms with Gasteiger partial charge in [-0.05, 0) is 49.2 Å². The second-order valence-electron chi connectivity index (χ2n) is 12.8. The number of unbranched alkanes of at least 4 members (excludes halogenated alkanes) is 3. The first-order chi connectivity index (χ1) is 21.6. The maximum atomic E-state index is 14.6. The maximum Gasteiger partial charge on any atom is 0.298 e. The van der Waals surface area contributed by atoms with E-state index in [1.165, 1.54) is 31.7 Å². The normalized spacial score (nSPS) is 22.9. The minimum atomic E-state index is -0.291. The number of anilines is 3. The molecule has 2 unspecified atom stereocenters. The van der Waals surface area contributed by atoms with Crippen molar-refractivity contribution in [1.29, 1.82) is 0 Å². The molecule has 3 fully saturated rings. The van der Waals surface area contributed by atoms with Crippen molar-refractivity contribution in [1.82, 2.24) is 14.8 Å². The van der Waals surface area contributed by atoms with Crippen LogP contribution < -0.4 is 14.7 Å². The lowest BCUT2D eigenvalue weighted by Crippen LogP contribution is -2.53. The zero-order chi connectivity index (χ0) is 30.0. The van der Waals surface area contributed by atoms with Crippen molar-refractivity contribution in [3.63, 3.8) is 0 Å². The first-order valence-electron chi connectivity index (χ1n) is 16.6. The summed E-state index contributed by atoms with van der Waals surface area (Å²) in [6.45, 7) is 12.1. The van der Waals surface area contributed by atoms with Gasteiger partial charge in [0, 0.05) is 76.1 Å². The van der Waals surface area contributed by atoms with Crippen molar-refractivity contribution in [2.45, 2.75) is 51.0 Å². The predicted octanol–water partition coefficient (Wildman–Crippen LogP) is 4.71. The SMILES string of the molecule is CCCCCCN1CCN(CC(=O)N2c3cc(F)ccc3C3CN(c4ccc5nc(N6CCOCC6)oc5c4)CCC32)CC1. The fourth-order valence-corrected chi connectivity index (χ4v) is 7.51. The molecule has 0 saturated carbocycles. The lowest BCUT2D eigenvalue weighted by molar-refractivity contribution is -0.120. The molecule has 7 rings (SSSR count). The van der Waals surface area contributed by atoms with Crippen molar-refractivity contribution in [3.05, 3.63) is 47.8 Å². The molecule has 0 spiro atoms. The zero-order valence-corrected chi connectivity index (χ0v) is 25.9. The Balaban J connectivity index is 1.03. The zero-order valence-electron chi connectivity index (χ0n) is 25.9. The number of fused-ring (bicyclic) bond motifs is 4. The molecule has 4 aliphatic heterocycles. The van der Waals surface area contributed by atoms with Crippen molar-refractivity contribution < 1.29 is 18.3 Å². The first kappa shape index (κ1) is 29.5. The van der Waals surface area contributed by atoms with E-state index in [4.69, 9.17) is 14.1 Å². The highest BCUT2D eigenvalue weighted by atomic mass is 19.1. The van der Waals surface area contributed by atoms with Gasteiger partial charge < -0.3 is 28.8 Å². The molecule has 2 aromatic carbocycles. The summed E-state index contributed by atoms with van der Waals surface area (Å²) in [5, 5.41) is 0. The standard InChI is InChI=1S/C34H45FN6O3/c1-2-3-4-5-11-37-13-15-38(16-14-37)24-33(42)41-30-10-12-40(23-28(30)27-8-6-25(35)21-31(27)41)26-7-9-29-32(22-26)44-34(36-29)39-17-19-43-20-18-39/h6-9,21-22,28,30H,2-5,10-20,23-24H2,1H3. The highest BCUT2D eigenvalue weighted by molar-refractivity contribution is 5.98. The minimum Gasteiger partial charge on any atom is -0.423 e. The smallest absolute Gasteiger partial charge is 0.298 e. The van der Waals surface area contributed by atoms with Crippen LogP contribution in [0.3, 0.4) is 0 Å². The third-order valence-electron chi connectivity index (χ3n) is 9.99. The second-order valence-corrected chi connectivity index (χ2v) is 12.8. The van der Waals surface area contributed by atoms with Crippen molar-refractivity contribution in [2.24, 2.45) is 0 Å². The van der Waals surface area contributed by atoms with Crippen LogP contribution in [0, 0.1) is 5.82 Å². The summed E-state index contributed by atoms with van der Waals surface area (Å²) in [5.41, 5.74) is 4.53. The molecule has 1 amide bonds. The number of carbonyl (C=O) groups is 1. The minimum absolute atomic E-state index is 0.0392. The number of piperidine rings is 1. The molecule has 10 heteroatoms. The van der Waals surface area contributed by atoms with Crippen molar-refractivity contribution in [2.75, 3.05) is 93.4 Å². The number of rotatable bonds is 9. The maximum absolute atomic E-state index is 14.6. The third-order valence-corrected chi connectivity index (χ3v) is 9.99. The summed E-state index contributed by atoms with van der Waals surface area (Å²) in [6.07, 6.45) is 5.94. The Kier molecular flexibility index (Phi) is 8.73. The number of nitrogens with zero attached hydrogens (tertiary/aromatic N) is 6. The predicted molar refractivity (Wildman–Crippen MR) is 171 cm³/mol. The van der Waals surface area contributed by atoms with Crippen LogP contribution in [0.4, 0.5) is 21.8 Å². The van der Waals surface area contributed by atoms with Gasteiger partial charge >= 0.3 is 0 Å². The first-order valence-corrected chi connectivity index (χ1v) is 16.6. The summed E-state index contributed by atoms with van der Waals surface area (Å²) in [5.74, 6) is -0.0777. The van der Waals surface area contributed by atoms with Crippen LogP contribution in [-0.2, 0) is 9.53 Å². The number of oxazole rings is 1. The molecule has 0 radical (unpaired) electrons. The van der Waals surface area contributed by atoms with Crippen LogP contribution >= 0.6 is 0 Å². The fourth-order valence-electron chi connectivity index (χ4n) is 7.51. The summed E-state index contributed by atoms with van der Waals surface area (Å²) in [4.78, 5) is 29.9. The van der Waals surface area contributed by atoms with Crippen molar-refractivity contribution >= 4 is 34.4 Å². The third kappa shape index (κ3) is 6.04. The van der Waals surface area contributed by atoms with Gasteiger partial charge in [0.1, 0.15) is 11.3 Å². The Labute approximate surface area is 259 Å². The molecule has 5 heterocycles. The lowest BCUT2D eigenvalue weighted by Gasteiger charge is -2.40. The molecule has 0 aliphatic carbocycles. The van der Waals surface area contributed by atoms with Crippen LogP contribution in [0.25, 0.3) is 11.1 Å². The van der Waals surface area contributed by atoms with Crippen LogP contribution in [0.5, 0.6) is 0 Å². The number of amides is 1. The molecule has 3 aromatic rings. The second kappa shape index (κ2) is 13.0. The van der Waals surface area contributed by atoms with E-state index in [9.17, 15) is 9.18 Å².